The number of hydrogen-bond acceptors (Lipinski definition) is 6. The lowest BCUT2D eigenvalue weighted by atomic mass is 10.0. The van der Waals surface area contributed by atoms with E-state index in [2.05, 4.69) is 20.3 Å². The zero-order valence-corrected chi connectivity index (χ0v) is 19.2. The number of nitrogens with zero attached hydrogens (tertiary/aromatic N) is 4. The van der Waals surface area contributed by atoms with Gasteiger partial charge in [0.2, 0.25) is 0 Å². The van der Waals surface area contributed by atoms with Crippen molar-refractivity contribution in [3.63, 3.8) is 0 Å². The summed E-state index contributed by atoms with van der Waals surface area (Å²) in [7, 11) is 1.93. The van der Waals surface area contributed by atoms with Crippen LogP contribution in [-0.2, 0) is 7.05 Å². The Bertz CT molecular complexity index is 1520. The van der Waals surface area contributed by atoms with Gasteiger partial charge in [0, 0.05) is 41.8 Å². The van der Waals surface area contributed by atoms with Gasteiger partial charge in [-0.15, -0.1) is 11.3 Å². The summed E-state index contributed by atoms with van der Waals surface area (Å²) in [6, 6.07) is 12.1. The van der Waals surface area contributed by atoms with Gasteiger partial charge in [-0.25, -0.2) is 23.7 Å². The van der Waals surface area contributed by atoms with Gasteiger partial charge in [-0.2, -0.15) is 0 Å². The molecule has 0 fully saturated rings. The number of nitrogen functional groups attached to an aromatic ring is 1. The minimum Gasteiger partial charge on any atom is -0.398 e. The highest BCUT2D eigenvalue weighted by atomic mass is 32.1. The maximum absolute atomic E-state index is 13.9. The van der Waals surface area contributed by atoms with Gasteiger partial charge in [0.05, 0.1) is 23.1 Å². The maximum atomic E-state index is 13.9. The molecular formula is C25H18F2N6OS. The van der Waals surface area contributed by atoms with Crippen molar-refractivity contribution >= 4 is 28.7 Å². The molecule has 0 radical (unpaired) electrons. The Labute approximate surface area is 202 Å². The standard InChI is InChI=1S/C25H18F2N6OS/c1-33-13-29-11-20(33)21-12-31-25(35-21)14-5-7-19(28)16(9-14)15-6-8-22(30-10-15)32-24(34)23-17(26)3-2-4-18(23)27/h2-13H,28H2,1H3,(H,30,32,34). The van der Waals surface area contributed by atoms with E-state index in [9.17, 15) is 13.6 Å². The number of pyridine rings is 1. The first-order chi connectivity index (χ1) is 16.9. The molecule has 0 unspecified atom stereocenters. The van der Waals surface area contributed by atoms with Crippen molar-refractivity contribution in [2.45, 2.75) is 0 Å². The number of carbonyl (C=O) groups is 1. The van der Waals surface area contributed by atoms with Gasteiger partial charge in [0.15, 0.2) is 0 Å². The number of aromatic nitrogens is 4. The van der Waals surface area contributed by atoms with E-state index in [1.807, 2.05) is 29.9 Å². The molecule has 2 aromatic carbocycles. The van der Waals surface area contributed by atoms with Gasteiger partial charge in [0.25, 0.3) is 5.91 Å². The largest absolute Gasteiger partial charge is 0.398 e. The van der Waals surface area contributed by atoms with Crippen LogP contribution in [0, 0.1) is 11.6 Å². The minimum atomic E-state index is -0.947. The normalized spacial score (nSPS) is 10.9. The number of hydrogen-bond donors (Lipinski definition) is 2. The molecule has 3 N–H and O–H groups in total. The lowest BCUT2D eigenvalue weighted by molar-refractivity contribution is 0.101. The molecular weight excluding hydrogens is 470 g/mol. The van der Waals surface area contributed by atoms with Crippen molar-refractivity contribution in [2.24, 2.45) is 7.05 Å². The summed E-state index contributed by atoms with van der Waals surface area (Å²) < 4.78 is 29.7. The monoisotopic (exact) mass is 488 g/mol. The summed E-state index contributed by atoms with van der Waals surface area (Å²) in [6.07, 6.45) is 6.87. The van der Waals surface area contributed by atoms with Crippen LogP contribution in [-0.4, -0.2) is 25.4 Å². The second-order valence-electron chi connectivity index (χ2n) is 7.70. The lowest BCUT2D eigenvalue weighted by Gasteiger charge is -2.10. The van der Waals surface area contributed by atoms with Gasteiger partial charge in [-0.05, 0) is 42.5 Å². The van der Waals surface area contributed by atoms with E-state index >= 15 is 0 Å². The topological polar surface area (TPSA) is 98.7 Å². The SMILES string of the molecule is Cn1cncc1-c1cnc(-c2ccc(N)c(-c3ccc(NC(=O)c4c(F)cccc4F)nc3)c2)s1. The second-order valence-corrected chi connectivity index (χ2v) is 8.74. The summed E-state index contributed by atoms with van der Waals surface area (Å²) in [4.78, 5) is 26.2. The van der Waals surface area contributed by atoms with E-state index in [1.54, 1.807) is 30.7 Å². The summed E-state index contributed by atoms with van der Waals surface area (Å²) in [5.41, 5.74) is 9.42. The Morgan fingerprint density at radius 3 is 2.46 bits per heavy atom. The number of nitrogens with two attached hydrogens (primary N) is 1. The van der Waals surface area contributed by atoms with Crippen molar-refractivity contribution in [3.8, 4) is 32.3 Å². The Morgan fingerprint density at radius 2 is 1.77 bits per heavy atom. The average Bonchev–Trinajstić information content (AvgIpc) is 3.49. The maximum Gasteiger partial charge on any atom is 0.262 e. The first-order valence-corrected chi connectivity index (χ1v) is 11.3. The Kier molecular flexibility index (Phi) is 5.79. The first kappa shape index (κ1) is 22.4. The molecule has 0 aliphatic carbocycles. The zero-order valence-electron chi connectivity index (χ0n) is 18.4. The van der Waals surface area contributed by atoms with E-state index in [0.29, 0.717) is 11.3 Å². The Balaban J connectivity index is 1.39. The molecule has 0 atom stereocenters. The van der Waals surface area contributed by atoms with Crippen LogP contribution in [0.3, 0.4) is 0 Å². The van der Waals surface area contributed by atoms with Gasteiger partial charge in [-0.3, -0.25) is 4.79 Å². The number of aryl methyl sites for hydroxylation is 1. The molecule has 0 bridgehead atoms. The van der Waals surface area contributed by atoms with Crippen LogP contribution in [0.4, 0.5) is 20.3 Å². The van der Waals surface area contributed by atoms with Gasteiger partial charge >= 0.3 is 0 Å². The lowest BCUT2D eigenvalue weighted by Crippen LogP contribution is -2.16. The molecule has 1 amide bonds. The van der Waals surface area contributed by atoms with Crippen molar-refractivity contribution in [2.75, 3.05) is 11.1 Å². The Morgan fingerprint density at radius 1 is 1.00 bits per heavy atom. The molecule has 35 heavy (non-hydrogen) atoms. The molecule has 0 spiro atoms. The fraction of sp³-hybridized carbons (Fsp3) is 0.0400. The fourth-order valence-corrected chi connectivity index (χ4v) is 4.55. The van der Waals surface area contributed by atoms with Gasteiger partial charge < -0.3 is 15.6 Å². The molecule has 0 aliphatic rings. The molecule has 5 rings (SSSR count). The van der Waals surface area contributed by atoms with E-state index in [1.165, 1.54) is 23.6 Å². The molecule has 3 aromatic heterocycles. The van der Waals surface area contributed by atoms with E-state index in [4.69, 9.17) is 5.73 Å². The van der Waals surface area contributed by atoms with Crippen LogP contribution < -0.4 is 11.1 Å². The number of imidazole rings is 1. The van der Waals surface area contributed by atoms with Gasteiger partial charge in [-0.1, -0.05) is 6.07 Å². The van der Waals surface area contributed by atoms with Crippen molar-refractivity contribution in [1.82, 2.24) is 19.5 Å². The van der Waals surface area contributed by atoms with Crippen molar-refractivity contribution < 1.29 is 13.6 Å². The number of nitrogens with one attached hydrogen (secondary N) is 1. The predicted octanol–water partition coefficient (Wildman–Crippen LogP) is 5.39. The van der Waals surface area contributed by atoms with Crippen LogP contribution in [0.5, 0.6) is 0 Å². The summed E-state index contributed by atoms with van der Waals surface area (Å²) in [6.45, 7) is 0. The van der Waals surface area contributed by atoms with Crippen molar-refractivity contribution in [3.05, 3.63) is 90.6 Å². The molecule has 3 heterocycles. The third-order valence-electron chi connectivity index (χ3n) is 5.38. The Hall–Kier alpha value is -4.44. The van der Waals surface area contributed by atoms with Crippen LogP contribution >= 0.6 is 11.3 Å². The molecule has 0 saturated heterocycles. The number of halogens is 2. The number of amides is 1. The highest BCUT2D eigenvalue weighted by molar-refractivity contribution is 7.18. The van der Waals surface area contributed by atoms with Gasteiger partial charge in [0.1, 0.15) is 28.0 Å². The fourth-order valence-electron chi connectivity index (χ4n) is 3.58. The number of rotatable bonds is 5. The van der Waals surface area contributed by atoms with E-state index in [0.717, 1.165) is 38.8 Å². The van der Waals surface area contributed by atoms with Crippen LogP contribution in [0.2, 0.25) is 0 Å². The molecule has 5 aromatic rings. The molecule has 10 heteroatoms. The summed E-state index contributed by atoms with van der Waals surface area (Å²) >= 11 is 1.54. The summed E-state index contributed by atoms with van der Waals surface area (Å²) in [5, 5.41) is 3.24. The number of benzene rings is 2. The third-order valence-corrected chi connectivity index (χ3v) is 6.45. The van der Waals surface area contributed by atoms with Crippen molar-refractivity contribution in [1.29, 1.82) is 0 Å². The average molecular weight is 489 g/mol. The van der Waals surface area contributed by atoms with E-state index in [-0.39, 0.29) is 5.82 Å². The van der Waals surface area contributed by atoms with Crippen LogP contribution in [0.25, 0.3) is 32.3 Å². The molecule has 0 saturated carbocycles. The third kappa shape index (κ3) is 4.38. The number of carbonyl (C=O) groups excluding carboxylic acids is 1. The quantitative estimate of drug-likeness (QED) is 0.324. The molecule has 7 nitrogen and oxygen atoms in total. The first-order valence-electron chi connectivity index (χ1n) is 10.4. The molecule has 0 aliphatic heterocycles. The van der Waals surface area contributed by atoms with E-state index < -0.39 is 23.1 Å². The number of thiazole rings is 1. The minimum absolute atomic E-state index is 0.150. The highest BCUT2D eigenvalue weighted by Crippen LogP contribution is 2.35. The highest BCUT2D eigenvalue weighted by Gasteiger charge is 2.18. The van der Waals surface area contributed by atoms with Crippen LogP contribution in [0.1, 0.15) is 10.4 Å². The zero-order chi connectivity index (χ0) is 24.5. The second kappa shape index (κ2) is 9.07. The predicted molar refractivity (Wildman–Crippen MR) is 132 cm³/mol. The smallest absolute Gasteiger partial charge is 0.262 e. The summed E-state index contributed by atoms with van der Waals surface area (Å²) in [5.74, 6) is -2.66. The van der Waals surface area contributed by atoms with Crippen LogP contribution in [0.15, 0.2) is 73.4 Å². The molecule has 174 valence electrons. The number of anilines is 2.